The highest BCUT2D eigenvalue weighted by Gasteiger charge is 2.27. The highest BCUT2D eigenvalue weighted by Crippen LogP contribution is 2.43. The number of esters is 2. The standard InChI is InChI=1S/C43H79O12P/c1-4-5-6-7-8-9-10-13-16-19-22-25-29-40(46)41(47)30-27-32-43(49)55-39(36-54-56(50,51)53-34-38(45)33-44)35-52-42(48)31-26-23-20-17-14-11-12-15-18-21-24-28-37(2)3/h8-9,13,16,22,25,37-41,44-47H,4-7,10-12,14-15,17-21,23-24,26-36H2,1-3H3,(H,50,51)/b9-8-,16-13-,25-22-/t38-,39+,40?,41?/m0/s1. The summed E-state index contributed by atoms with van der Waals surface area (Å²) in [6.45, 7) is 4.32. The molecule has 0 aliphatic heterocycles. The van der Waals surface area contributed by atoms with Crippen molar-refractivity contribution in [2.75, 3.05) is 26.4 Å². The number of rotatable bonds is 39. The average molecular weight is 819 g/mol. The van der Waals surface area contributed by atoms with Gasteiger partial charge in [0.15, 0.2) is 6.10 Å². The molecular weight excluding hydrogens is 739 g/mol. The molecule has 0 aromatic rings. The van der Waals surface area contributed by atoms with Gasteiger partial charge in [0, 0.05) is 12.8 Å². The molecule has 13 heteroatoms. The van der Waals surface area contributed by atoms with Crippen molar-refractivity contribution in [1.82, 2.24) is 0 Å². The Balaban J connectivity index is 4.56. The Bertz CT molecular complexity index is 1080. The molecule has 5 atom stereocenters. The number of aliphatic hydroxyl groups is 4. The second kappa shape index (κ2) is 37.4. The van der Waals surface area contributed by atoms with Crippen LogP contribution in [-0.4, -0.2) is 88.1 Å². The first kappa shape index (κ1) is 54.1. The van der Waals surface area contributed by atoms with Crippen molar-refractivity contribution in [2.45, 2.75) is 193 Å². The van der Waals surface area contributed by atoms with Crippen molar-refractivity contribution in [2.24, 2.45) is 5.92 Å². The summed E-state index contributed by atoms with van der Waals surface area (Å²) in [6.07, 6.45) is 28.6. The number of allylic oxidation sites excluding steroid dienone is 5. The molecule has 0 heterocycles. The SMILES string of the molecule is CCCCC/C=C\C/C=C\C/C=C\CC(O)C(O)CCCC(=O)O[C@H](COC(=O)CCCCCCCCCCCCCC(C)C)COP(=O)(O)OC[C@@H](O)CO. The van der Waals surface area contributed by atoms with Gasteiger partial charge < -0.3 is 34.8 Å². The van der Waals surface area contributed by atoms with Crippen LogP contribution in [-0.2, 0) is 32.7 Å². The molecule has 0 spiro atoms. The molecule has 3 unspecified atom stereocenters. The van der Waals surface area contributed by atoms with E-state index in [1.54, 1.807) is 0 Å². The molecule has 0 amide bonds. The van der Waals surface area contributed by atoms with Crippen LogP contribution in [0.5, 0.6) is 0 Å². The first-order valence-corrected chi connectivity index (χ1v) is 23.0. The largest absolute Gasteiger partial charge is 0.472 e. The number of unbranched alkanes of at least 4 members (excludes halogenated alkanes) is 13. The topological polar surface area (TPSA) is 189 Å². The summed E-state index contributed by atoms with van der Waals surface area (Å²) in [5.41, 5.74) is 0. The molecule has 12 nitrogen and oxygen atoms in total. The Hall–Kier alpha value is -1.89. The fraction of sp³-hybridized carbons (Fsp3) is 0.814. The van der Waals surface area contributed by atoms with E-state index in [0.29, 0.717) is 6.42 Å². The lowest BCUT2D eigenvalue weighted by atomic mass is 10.0. The Morgan fingerprint density at radius 3 is 1.79 bits per heavy atom. The van der Waals surface area contributed by atoms with Gasteiger partial charge in [-0.25, -0.2) is 4.57 Å². The van der Waals surface area contributed by atoms with Crippen molar-refractivity contribution in [3.63, 3.8) is 0 Å². The predicted molar refractivity (Wildman–Crippen MR) is 222 cm³/mol. The van der Waals surface area contributed by atoms with E-state index in [-0.39, 0.29) is 32.1 Å². The number of hydrogen-bond acceptors (Lipinski definition) is 11. The minimum Gasteiger partial charge on any atom is -0.462 e. The van der Waals surface area contributed by atoms with Gasteiger partial charge in [-0.1, -0.05) is 141 Å². The summed E-state index contributed by atoms with van der Waals surface area (Å²) >= 11 is 0. The number of aliphatic hydroxyl groups excluding tert-OH is 4. The summed E-state index contributed by atoms with van der Waals surface area (Å²) in [7, 11) is -4.70. The van der Waals surface area contributed by atoms with E-state index in [1.165, 1.54) is 70.6 Å². The van der Waals surface area contributed by atoms with Crippen LogP contribution in [0.4, 0.5) is 0 Å². The highest BCUT2D eigenvalue weighted by atomic mass is 31.2. The first-order chi connectivity index (χ1) is 26.9. The monoisotopic (exact) mass is 819 g/mol. The molecule has 0 aromatic heterocycles. The quantitative estimate of drug-likeness (QED) is 0.0172. The minimum absolute atomic E-state index is 0.129. The smallest absolute Gasteiger partial charge is 0.462 e. The number of hydrogen-bond donors (Lipinski definition) is 5. The fourth-order valence-corrected chi connectivity index (χ4v) is 6.48. The third-order valence-electron chi connectivity index (χ3n) is 9.18. The molecule has 0 aliphatic carbocycles. The van der Waals surface area contributed by atoms with Crippen molar-refractivity contribution in [3.8, 4) is 0 Å². The number of carbonyl (C=O) groups excluding carboxylic acids is 2. The van der Waals surface area contributed by atoms with Gasteiger partial charge in [-0.15, -0.1) is 0 Å². The molecule has 0 rings (SSSR count). The molecule has 0 radical (unpaired) electrons. The van der Waals surface area contributed by atoms with Gasteiger partial charge in [0.2, 0.25) is 0 Å². The van der Waals surface area contributed by atoms with Gasteiger partial charge in [0.05, 0.1) is 32.0 Å². The molecule has 0 aromatic carbocycles. The number of phosphoric acid groups is 1. The van der Waals surface area contributed by atoms with Crippen LogP contribution in [0.25, 0.3) is 0 Å². The maximum atomic E-state index is 12.6. The molecule has 0 bridgehead atoms. The van der Waals surface area contributed by atoms with E-state index in [0.717, 1.165) is 44.4 Å². The Kier molecular flexibility index (Phi) is 36.1. The second-order valence-electron chi connectivity index (χ2n) is 15.2. The van der Waals surface area contributed by atoms with E-state index in [9.17, 15) is 34.4 Å². The van der Waals surface area contributed by atoms with Gasteiger partial charge in [-0.2, -0.15) is 0 Å². The third kappa shape index (κ3) is 36.5. The molecule has 0 saturated carbocycles. The average Bonchev–Trinajstić information content (AvgIpc) is 3.16. The molecule has 5 N–H and O–H groups in total. The third-order valence-corrected chi connectivity index (χ3v) is 10.1. The van der Waals surface area contributed by atoms with Crippen LogP contribution in [0, 0.1) is 5.92 Å². The summed E-state index contributed by atoms with van der Waals surface area (Å²) < 4.78 is 32.5. The molecule has 328 valence electrons. The van der Waals surface area contributed by atoms with Crippen LogP contribution >= 0.6 is 7.82 Å². The van der Waals surface area contributed by atoms with E-state index in [2.05, 4.69) is 49.6 Å². The first-order valence-electron chi connectivity index (χ1n) is 21.5. The normalized spacial score (nSPS) is 15.4. The number of carbonyl (C=O) groups is 2. The van der Waals surface area contributed by atoms with Crippen LogP contribution in [0.1, 0.15) is 168 Å². The second-order valence-corrected chi connectivity index (χ2v) is 16.6. The van der Waals surface area contributed by atoms with E-state index in [4.69, 9.17) is 19.1 Å². The van der Waals surface area contributed by atoms with Crippen LogP contribution < -0.4 is 0 Å². The van der Waals surface area contributed by atoms with Gasteiger partial charge in [0.25, 0.3) is 0 Å². The van der Waals surface area contributed by atoms with Crippen molar-refractivity contribution in [1.29, 1.82) is 0 Å². The predicted octanol–water partition coefficient (Wildman–Crippen LogP) is 8.97. The zero-order valence-electron chi connectivity index (χ0n) is 35.0. The number of phosphoric ester groups is 1. The Morgan fingerprint density at radius 1 is 0.625 bits per heavy atom. The van der Waals surface area contributed by atoms with E-state index >= 15 is 0 Å². The molecule has 0 aliphatic rings. The summed E-state index contributed by atoms with van der Waals surface area (Å²) in [6, 6.07) is 0. The minimum atomic E-state index is -4.70. The molecular formula is C43H79O12P. The summed E-state index contributed by atoms with van der Waals surface area (Å²) in [5, 5.41) is 39.0. The summed E-state index contributed by atoms with van der Waals surface area (Å²) in [5.74, 6) is -0.424. The molecule has 0 fully saturated rings. The van der Waals surface area contributed by atoms with Crippen molar-refractivity contribution >= 4 is 19.8 Å². The van der Waals surface area contributed by atoms with Gasteiger partial charge in [-0.05, 0) is 57.3 Å². The maximum absolute atomic E-state index is 12.6. The fourth-order valence-electron chi connectivity index (χ4n) is 5.69. The van der Waals surface area contributed by atoms with E-state index in [1.807, 2.05) is 12.2 Å². The Labute approximate surface area is 338 Å². The van der Waals surface area contributed by atoms with Gasteiger partial charge in [-0.3, -0.25) is 18.6 Å². The lowest BCUT2D eigenvalue weighted by molar-refractivity contribution is -0.161. The Morgan fingerprint density at radius 2 is 1.18 bits per heavy atom. The van der Waals surface area contributed by atoms with E-state index < -0.39 is 70.6 Å². The molecule has 0 saturated heterocycles. The van der Waals surface area contributed by atoms with Crippen LogP contribution in [0.15, 0.2) is 36.5 Å². The van der Waals surface area contributed by atoms with Crippen molar-refractivity contribution in [3.05, 3.63) is 36.5 Å². The van der Waals surface area contributed by atoms with Crippen molar-refractivity contribution < 1.29 is 58.0 Å². The zero-order valence-corrected chi connectivity index (χ0v) is 35.9. The lowest BCUT2D eigenvalue weighted by Crippen LogP contribution is -2.30. The summed E-state index contributed by atoms with van der Waals surface area (Å²) in [4.78, 5) is 35.0. The van der Waals surface area contributed by atoms with Crippen LogP contribution in [0.3, 0.4) is 0 Å². The van der Waals surface area contributed by atoms with Crippen LogP contribution in [0.2, 0.25) is 0 Å². The van der Waals surface area contributed by atoms with Gasteiger partial charge >= 0.3 is 19.8 Å². The lowest BCUT2D eigenvalue weighted by Gasteiger charge is -2.20. The highest BCUT2D eigenvalue weighted by molar-refractivity contribution is 7.47. The molecule has 56 heavy (non-hydrogen) atoms. The zero-order chi connectivity index (χ0) is 41.7. The maximum Gasteiger partial charge on any atom is 0.472 e. The van der Waals surface area contributed by atoms with Gasteiger partial charge in [0.1, 0.15) is 12.7 Å². The number of ether oxygens (including phenoxy) is 2.